The number of unbranched alkanes of at least 4 members (excludes halogenated alkanes) is 1. The molecule has 1 rings (SSSR count). The summed E-state index contributed by atoms with van der Waals surface area (Å²) in [4.78, 5) is 11.8. The monoisotopic (exact) mass is 314 g/mol. The number of carbonyl (C=O) groups excluding carboxylic acids is 1. The molecule has 0 spiro atoms. The van der Waals surface area contributed by atoms with Crippen molar-refractivity contribution < 1.29 is 14.6 Å². The zero-order valence-corrected chi connectivity index (χ0v) is 14.7. The van der Waals surface area contributed by atoms with Crippen LogP contribution < -0.4 is 10.6 Å². The Balaban J connectivity index is 2.38. The fraction of sp³-hybridized carbons (Fsp3) is 0.941. The molecular weight excluding hydrogens is 280 g/mol. The number of aliphatic hydroxyl groups is 1. The van der Waals surface area contributed by atoms with Crippen LogP contribution in [0.15, 0.2) is 0 Å². The van der Waals surface area contributed by atoms with Crippen LogP contribution in [0.3, 0.4) is 0 Å². The lowest BCUT2D eigenvalue weighted by atomic mass is 9.92. The van der Waals surface area contributed by atoms with E-state index in [1.54, 1.807) is 0 Å². The highest BCUT2D eigenvalue weighted by atomic mass is 16.6. The first-order valence-electron chi connectivity index (χ1n) is 8.71. The standard InChI is InChI=1S/C17H34N2O3/c1-5-6-7-14(12-18-16(21)22-17(2,3)4)19-13-8-10-15(20)11-9-13/h13-15,19-20H,5-12H2,1-4H3,(H,18,21). The third-order valence-electron chi connectivity index (χ3n) is 3.97. The molecule has 0 saturated heterocycles. The van der Waals surface area contributed by atoms with E-state index < -0.39 is 5.60 Å². The molecule has 0 aromatic rings. The lowest BCUT2D eigenvalue weighted by Crippen LogP contribution is -2.47. The van der Waals surface area contributed by atoms with Crippen LogP contribution in [0.2, 0.25) is 0 Å². The van der Waals surface area contributed by atoms with E-state index in [0.29, 0.717) is 12.6 Å². The number of nitrogens with one attached hydrogen (secondary N) is 2. The maximum absolute atomic E-state index is 11.8. The lowest BCUT2D eigenvalue weighted by molar-refractivity contribution is 0.0519. The van der Waals surface area contributed by atoms with E-state index in [2.05, 4.69) is 17.6 Å². The van der Waals surface area contributed by atoms with E-state index in [-0.39, 0.29) is 18.2 Å². The highest BCUT2D eigenvalue weighted by Gasteiger charge is 2.22. The molecule has 1 aliphatic rings. The van der Waals surface area contributed by atoms with Gasteiger partial charge in [0.2, 0.25) is 0 Å². The molecule has 1 aliphatic carbocycles. The molecule has 0 heterocycles. The van der Waals surface area contributed by atoms with Crippen LogP contribution in [0, 0.1) is 0 Å². The fourth-order valence-electron chi connectivity index (χ4n) is 2.79. The van der Waals surface area contributed by atoms with Crippen LogP contribution in [-0.4, -0.2) is 41.5 Å². The van der Waals surface area contributed by atoms with Crippen molar-refractivity contribution in [3.8, 4) is 0 Å². The zero-order chi connectivity index (χ0) is 16.6. The molecule has 1 amide bonds. The smallest absolute Gasteiger partial charge is 0.407 e. The molecule has 0 aromatic heterocycles. The Bertz CT molecular complexity index is 320. The highest BCUT2D eigenvalue weighted by Crippen LogP contribution is 2.19. The van der Waals surface area contributed by atoms with E-state index in [4.69, 9.17) is 4.74 Å². The second-order valence-corrected chi connectivity index (χ2v) is 7.39. The lowest BCUT2D eigenvalue weighted by Gasteiger charge is -2.31. The Morgan fingerprint density at radius 2 is 1.91 bits per heavy atom. The third-order valence-corrected chi connectivity index (χ3v) is 3.97. The first-order valence-corrected chi connectivity index (χ1v) is 8.71. The van der Waals surface area contributed by atoms with Crippen molar-refractivity contribution >= 4 is 6.09 Å². The molecule has 0 radical (unpaired) electrons. The van der Waals surface area contributed by atoms with Gasteiger partial charge in [-0.05, 0) is 52.9 Å². The number of rotatable bonds is 7. The van der Waals surface area contributed by atoms with E-state index >= 15 is 0 Å². The number of aliphatic hydroxyl groups excluding tert-OH is 1. The summed E-state index contributed by atoms with van der Waals surface area (Å²) in [7, 11) is 0. The fourth-order valence-corrected chi connectivity index (χ4v) is 2.79. The Labute approximate surface area is 135 Å². The van der Waals surface area contributed by atoms with Gasteiger partial charge in [0.1, 0.15) is 5.60 Å². The van der Waals surface area contributed by atoms with Crippen LogP contribution in [0.1, 0.15) is 72.6 Å². The SMILES string of the molecule is CCCCC(CNC(=O)OC(C)(C)C)NC1CCC(O)CC1. The third kappa shape index (κ3) is 8.59. The van der Waals surface area contributed by atoms with Gasteiger partial charge >= 0.3 is 6.09 Å². The first-order chi connectivity index (χ1) is 10.3. The summed E-state index contributed by atoms with van der Waals surface area (Å²) in [6, 6.07) is 0.721. The van der Waals surface area contributed by atoms with Gasteiger partial charge in [0.15, 0.2) is 0 Å². The largest absolute Gasteiger partial charge is 0.444 e. The maximum atomic E-state index is 11.8. The van der Waals surface area contributed by atoms with Crippen LogP contribution in [0.4, 0.5) is 4.79 Å². The molecule has 1 saturated carbocycles. The molecule has 1 atom stereocenters. The molecule has 1 fully saturated rings. The van der Waals surface area contributed by atoms with Gasteiger partial charge in [0, 0.05) is 18.6 Å². The average molecular weight is 314 g/mol. The molecule has 3 N–H and O–H groups in total. The Morgan fingerprint density at radius 3 is 2.45 bits per heavy atom. The van der Waals surface area contributed by atoms with Gasteiger partial charge in [-0.25, -0.2) is 4.79 Å². The Kier molecular flexibility index (Phi) is 8.18. The molecular formula is C17H34N2O3. The van der Waals surface area contributed by atoms with Crippen molar-refractivity contribution in [2.24, 2.45) is 0 Å². The van der Waals surface area contributed by atoms with Gasteiger partial charge in [0.05, 0.1) is 6.10 Å². The zero-order valence-electron chi connectivity index (χ0n) is 14.7. The van der Waals surface area contributed by atoms with Crippen molar-refractivity contribution in [3.63, 3.8) is 0 Å². The van der Waals surface area contributed by atoms with Gasteiger partial charge in [-0.3, -0.25) is 0 Å². The van der Waals surface area contributed by atoms with Gasteiger partial charge in [-0.2, -0.15) is 0 Å². The predicted octanol–water partition coefficient (Wildman–Crippen LogP) is 2.96. The van der Waals surface area contributed by atoms with Gasteiger partial charge in [-0.1, -0.05) is 19.8 Å². The van der Waals surface area contributed by atoms with Crippen LogP contribution in [0.5, 0.6) is 0 Å². The number of hydrogen-bond acceptors (Lipinski definition) is 4. The Hall–Kier alpha value is -0.810. The molecule has 0 bridgehead atoms. The average Bonchev–Trinajstić information content (AvgIpc) is 2.42. The van der Waals surface area contributed by atoms with E-state index in [0.717, 1.165) is 44.9 Å². The molecule has 1 unspecified atom stereocenters. The van der Waals surface area contributed by atoms with Crippen molar-refractivity contribution in [3.05, 3.63) is 0 Å². The summed E-state index contributed by atoms with van der Waals surface area (Å²) in [6.45, 7) is 8.37. The molecule has 0 aromatic carbocycles. The summed E-state index contributed by atoms with van der Waals surface area (Å²) in [6.07, 6.45) is 6.62. The molecule has 5 nitrogen and oxygen atoms in total. The molecule has 130 valence electrons. The van der Waals surface area contributed by atoms with Crippen molar-refractivity contribution in [2.45, 2.75) is 96.4 Å². The number of alkyl carbamates (subject to hydrolysis) is 1. The summed E-state index contributed by atoms with van der Waals surface area (Å²) in [5, 5.41) is 16.1. The molecule has 0 aliphatic heterocycles. The number of ether oxygens (including phenoxy) is 1. The van der Waals surface area contributed by atoms with Gasteiger partial charge < -0.3 is 20.5 Å². The normalized spacial score (nSPS) is 23.9. The second-order valence-electron chi connectivity index (χ2n) is 7.39. The minimum atomic E-state index is -0.462. The van der Waals surface area contributed by atoms with E-state index in [1.807, 2.05) is 20.8 Å². The topological polar surface area (TPSA) is 70.6 Å². The molecule has 5 heteroatoms. The predicted molar refractivity (Wildman–Crippen MR) is 88.9 cm³/mol. The number of amides is 1. The maximum Gasteiger partial charge on any atom is 0.407 e. The number of hydrogen-bond donors (Lipinski definition) is 3. The van der Waals surface area contributed by atoms with Gasteiger partial charge in [-0.15, -0.1) is 0 Å². The minimum absolute atomic E-state index is 0.132. The summed E-state index contributed by atoms with van der Waals surface area (Å²) in [5.41, 5.74) is -0.462. The van der Waals surface area contributed by atoms with Crippen molar-refractivity contribution in [1.29, 1.82) is 0 Å². The second kappa shape index (κ2) is 9.36. The van der Waals surface area contributed by atoms with Crippen molar-refractivity contribution in [2.75, 3.05) is 6.54 Å². The van der Waals surface area contributed by atoms with E-state index in [9.17, 15) is 9.90 Å². The minimum Gasteiger partial charge on any atom is -0.444 e. The quantitative estimate of drug-likeness (QED) is 0.675. The summed E-state index contributed by atoms with van der Waals surface area (Å²) >= 11 is 0. The summed E-state index contributed by atoms with van der Waals surface area (Å²) < 4.78 is 5.29. The Morgan fingerprint density at radius 1 is 1.27 bits per heavy atom. The highest BCUT2D eigenvalue weighted by molar-refractivity contribution is 5.67. The van der Waals surface area contributed by atoms with Crippen LogP contribution in [-0.2, 0) is 4.74 Å². The van der Waals surface area contributed by atoms with Crippen LogP contribution >= 0.6 is 0 Å². The van der Waals surface area contributed by atoms with Crippen LogP contribution in [0.25, 0.3) is 0 Å². The van der Waals surface area contributed by atoms with E-state index in [1.165, 1.54) is 0 Å². The summed E-state index contributed by atoms with van der Waals surface area (Å²) in [5.74, 6) is 0. The molecule has 22 heavy (non-hydrogen) atoms. The van der Waals surface area contributed by atoms with Crippen molar-refractivity contribution in [1.82, 2.24) is 10.6 Å². The number of carbonyl (C=O) groups is 1. The van der Waals surface area contributed by atoms with Gasteiger partial charge in [0.25, 0.3) is 0 Å². The first kappa shape index (κ1) is 19.2.